The Kier molecular flexibility index (Phi) is 11.1. The molecule has 1 unspecified atom stereocenters. The predicted octanol–water partition coefficient (Wildman–Crippen LogP) is 0.00760. The van der Waals surface area contributed by atoms with Crippen molar-refractivity contribution in [3.05, 3.63) is 0 Å². The summed E-state index contributed by atoms with van der Waals surface area (Å²) in [5, 5.41) is 3.22. The first kappa shape index (κ1) is 14.0. The smallest absolute Gasteiger partial charge is 0.0700 e. The van der Waals surface area contributed by atoms with Crippen molar-refractivity contribution in [1.82, 2.24) is 5.32 Å². The van der Waals surface area contributed by atoms with Gasteiger partial charge in [-0.2, -0.15) is 0 Å². The third kappa shape index (κ3) is 12.0. The molecule has 0 saturated carbocycles. The number of rotatable bonds is 10. The summed E-state index contributed by atoms with van der Waals surface area (Å²) in [5.74, 6) is 0.775. The maximum Gasteiger partial charge on any atom is 0.0700 e. The summed E-state index contributed by atoms with van der Waals surface area (Å²) < 4.78 is 20.8. The molecule has 1 N–H and O–H groups in total. The van der Waals surface area contributed by atoms with Crippen LogP contribution in [-0.2, 0) is 20.3 Å². The Morgan fingerprint density at radius 3 is 2.64 bits per heavy atom. The van der Waals surface area contributed by atoms with Crippen molar-refractivity contribution in [3.63, 3.8) is 0 Å². The molecule has 0 fully saturated rings. The average Bonchev–Trinajstić information content (AvgIpc) is 2.15. The van der Waals surface area contributed by atoms with Gasteiger partial charge in [-0.1, -0.05) is 0 Å². The molecule has 0 aliphatic rings. The lowest BCUT2D eigenvalue weighted by Crippen LogP contribution is -2.22. The van der Waals surface area contributed by atoms with Crippen molar-refractivity contribution >= 4 is 10.8 Å². The van der Waals surface area contributed by atoms with Gasteiger partial charge in [0.2, 0.25) is 0 Å². The lowest BCUT2D eigenvalue weighted by atomic mass is 10.5. The predicted molar refractivity (Wildman–Crippen MR) is 59.1 cm³/mol. The Hall–Kier alpha value is 0.0300. The van der Waals surface area contributed by atoms with Crippen molar-refractivity contribution in [1.29, 1.82) is 0 Å². The van der Waals surface area contributed by atoms with E-state index in [1.54, 1.807) is 13.4 Å². The monoisotopic (exact) mass is 223 g/mol. The van der Waals surface area contributed by atoms with Crippen molar-refractivity contribution in [2.24, 2.45) is 0 Å². The SMILES string of the molecule is COCCOCCNCCCS(C)=O. The molecule has 0 aromatic carbocycles. The molecular weight excluding hydrogens is 202 g/mol. The van der Waals surface area contributed by atoms with Crippen LogP contribution in [0.15, 0.2) is 0 Å². The first-order chi connectivity index (χ1) is 6.77. The van der Waals surface area contributed by atoms with E-state index in [-0.39, 0.29) is 0 Å². The van der Waals surface area contributed by atoms with Gasteiger partial charge in [0.25, 0.3) is 0 Å². The fourth-order valence-electron chi connectivity index (χ4n) is 0.914. The topological polar surface area (TPSA) is 47.6 Å². The maximum atomic E-state index is 10.7. The zero-order valence-corrected chi connectivity index (χ0v) is 9.90. The molecule has 86 valence electrons. The van der Waals surface area contributed by atoms with E-state index < -0.39 is 10.8 Å². The van der Waals surface area contributed by atoms with Gasteiger partial charge >= 0.3 is 0 Å². The first-order valence-electron chi connectivity index (χ1n) is 4.84. The third-order valence-electron chi connectivity index (χ3n) is 1.64. The highest BCUT2D eigenvalue weighted by atomic mass is 32.2. The molecule has 0 aromatic rings. The first-order valence-corrected chi connectivity index (χ1v) is 6.57. The Morgan fingerprint density at radius 1 is 1.21 bits per heavy atom. The molecule has 0 aliphatic carbocycles. The largest absolute Gasteiger partial charge is 0.382 e. The lowest BCUT2D eigenvalue weighted by molar-refractivity contribution is 0.0721. The fourth-order valence-corrected chi connectivity index (χ4v) is 1.46. The number of hydrogen-bond donors (Lipinski definition) is 1. The molecule has 4 nitrogen and oxygen atoms in total. The number of methoxy groups -OCH3 is 1. The van der Waals surface area contributed by atoms with Crippen molar-refractivity contribution in [2.45, 2.75) is 6.42 Å². The standard InChI is InChI=1S/C9H21NO3S/c1-12-7-8-13-6-5-10-4-3-9-14(2)11/h10H,3-9H2,1-2H3. The maximum absolute atomic E-state index is 10.7. The van der Waals surface area contributed by atoms with E-state index >= 15 is 0 Å². The molecule has 0 aromatic heterocycles. The normalized spacial score (nSPS) is 13.0. The van der Waals surface area contributed by atoms with E-state index in [9.17, 15) is 4.21 Å². The Bertz CT molecular complexity index is 144. The van der Waals surface area contributed by atoms with E-state index in [2.05, 4.69) is 5.32 Å². The van der Waals surface area contributed by atoms with Crippen LogP contribution in [0.3, 0.4) is 0 Å². The molecule has 0 aliphatic heterocycles. The zero-order valence-electron chi connectivity index (χ0n) is 9.08. The van der Waals surface area contributed by atoms with Crippen LogP contribution in [0.5, 0.6) is 0 Å². The molecule has 0 radical (unpaired) electrons. The second-order valence-corrected chi connectivity index (χ2v) is 4.54. The molecule has 1 atom stereocenters. The van der Waals surface area contributed by atoms with Crippen LogP contribution >= 0.6 is 0 Å². The average molecular weight is 223 g/mol. The number of ether oxygens (including phenoxy) is 2. The minimum absolute atomic E-state index is 0.648. The van der Waals surface area contributed by atoms with Gasteiger partial charge < -0.3 is 14.8 Å². The van der Waals surface area contributed by atoms with E-state index in [4.69, 9.17) is 9.47 Å². The second kappa shape index (κ2) is 11.1. The van der Waals surface area contributed by atoms with Gasteiger partial charge in [-0.05, 0) is 13.0 Å². The number of nitrogens with one attached hydrogen (secondary N) is 1. The second-order valence-electron chi connectivity index (χ2n) is 2.99. The Balaban J connectivity index is 2.88. The van der Waals surface area contributed by atoms with Crippen molar-refractivity contribution in [3.8, 4) is 0 Å². The van der Waals surface area contributed by atoms with Crippen molar-refractivity contribution in [2.75, 3.05) is 52.0 Å². The van der Waals surface area contributed by atoms with Gasteiger partial charge in [-0.3, -0.25) is 4.21 Å². The molecule has 5 heteroatoms. The van der Waals surface area contributed by atoms with Gasteiger partial charge in [-0.15, -0.1) is 0 Å². The van der Waals surface area contributed by atoms with Crippen molar-refractivity contribution < 1.29 is 13.7 Å². The van der Waals surface area contributed by atoms with Gasteiger partial charge in [0.05, 0.1) is 19.8 Å². The highest BCUT2D eigenvalue weighted by Gasteiger charge is 1.92. The summed E-state index contributed by atoms with van der Waals surface area (Å²) in [4.78, 5) is 0. The Labute approximate surface area is 88.8 Å². The van der Waals surface area contributed by atoms with E-state index in [1.807, 2.05) is 0 Å². The minimum Gasteiger partial charge on any atom is -0.382 e. The van der Waals surface area contributed by atoms with Gasteiger partial charge in [0.15, 0.2) is 0 Å². The molecule has 0 bridgehead atoms. The van der Waals surface area contributed by atoms with Crippen LogP contribution in [0.25, 0.3) is 0 Å². The van der Waals surface area contributed by atoms with Crippen LogP contribution in [0.2, 0.25) is 0 Å². The summed E-state index contributed by atoms with van der Waals surface area (Å²) >= 11 is 0. The quantitative estimate of drug-likeness (QED) is 0.530. The van der Waals surface area contributed by atoms with Crippen LogP contribution in [-0.4, -0.2) is 56.2 Å². The molecule has 0 amide bonds. The summed E-state index contributed by atoms with van der Waals surface area (Å²) in [6, 6.07) is 0. The summed E-state index contributed by atoms with van der Waals surface area (Å²) in [6.45, 7) is 3.76. The van der Waals surface area contributed by atoms with E-state index in [0.717, 1.165) is 25.3 Å². The third-order valence-corrected chi connectivity index (χ3v) is 2.50. The molecule has 0 saturated heterocycles. The molecule has 0 heterocycles. The highest BCUT2D eigenvalue weighted by molar-refractivity contribution is 7.84. The van der Waals surface area contributed by atoms with Crippen LogP contribution in [0.4, 0.5) is 0 Å². The minimum atomic E-state index is -0.665. The van der Waals surface area contributed by atoms with Gasteiger partial charge in [0.1, 0.15) is 0 Å². The molecule has 14 heavy (non-hydrogen) atoms. The van der Waals surface area contributed by atoms with Crippen LogP contribution < -0.4 is 5.32 Å². The van der Waals surface area contributed by atoms with E-state index in [0.29, 0.717) is 19.8 Å². The van der Waals surface area contributed by atoms with Gasteiger partial charge in [-0.25, -0.2) is 0 Å². The molecule has 0 rings (SSSR count). The Morgan fingerprint density at radius 2 is 2.00 bits per heavy atom. The lowest BCUT2D eigenvalue weighted by Gasteiger charge is -2.05. The van der Waals surface area contributed by atoms with Crippen LogP contribution in [0, 0.1) is 0 Å². The summed E-state index contributed by atoms with van der Waals surface area (Å²) in [5.41, 5.74) is 0. The molecule has 0 spiro atoms. The van der Waals surface area contributed by atoms with Crippen LogP contribution in [0.1, 0.15) is 6.42 Å². The van der Waals surface area contributed by atoms with E-state index in [1.165, 1.54) is 0 Å². The number of hydrogen-bond acceptors (Lipinski definition) is 4. The fraction of sp³-hybridized carbons (Fsp3) is 1.00. The summed E-state index contributed by atoms with van der Waals surface area (Å²) in [7, 11) is 0.994. The zero-order chi connectivity index (χ0) is 10.6. The summed E-state index contributed by atoms with van der Waals surface area (Å²) in [6.07, 6.45) is 2.69. The van der Waals surface area contributed by atoms with Gasteiger partial charge in [0, 0.05) is 36.5 Å². The highest BCUT2D eigenvalue weighted by Crippen LogP contribution is 1.81. The molecular formula is C9H21NO3S.